The number of hydrogen-bond donors (Lipinski definition) is 1. The van der Waals surface area contributed by atoms with E-state index < -0.39 is 10.8 Å². The van der Waals surface area contributed by atoms with E-state index in [0.29, 0.717) is 0 Å². The quantitative estimate of drug-likeness (QED) is 0.569. The van der Waals surface area contributed by atoms with E-state index in [2.05, 4.69) is 15.6 Å². The van der Waals surface area contributed by atoms with Gasteiger partial charge in [-0.1, -0.05) is 29.5 Å². The van der Waals surface area contributed by atoms with E-state index in [4.69, 9.17) is 0 Å². The van der Waals surface area contributed by atoms with Gasteiger partial charge in [-0.15, -0.1) is 5.10 Å². The molecule has 0 aliphatic rings. The van der Waals surface area contributed by atoms with Crippen molar-refractivity contribution in [1.29, 1.82) is 0 Å². The third-order valence-electron chi connectivity index (χ3n) is 3.77. The van der Waals surface area contributed by atoms with Gasteiger partial charge in [0.15, 0.2) is 0 Å². The summed E-state index contributed by atoms with van der Waals surface area (Å²) in [6.07, 6.45) is 3.32. The molecule has 25 heavy (non-hydrogen) atoms. The summed E-state index contributed by atoms with van der Waals surface area (Å²) in [5, 5.41) is 21.5. The average molecular weight is 337 g/mol. The van der Waals surface area contributed by atoms with Crippen molar-refractivity contribution in [2.24, 2.45) is 0 Å². The Bertz CT molecular complexity index is 891. The first-order valence-corrected chi connectivity index (χ1v) is 7.57. The summed E-state index contributed by atoms with van der Waals surface area (Å²) in [5.74, 6) is -0.486. The predicted molar refractivity (Wildman–Crippen MR) is 90.3 cm³/mol. The molecule has 126 valence electrons. The first-order valence-electron chi connectivity index (χ1n) is 7.57. The molecule has 8 heteroatoms. The van der Waals surface area contributed by atoms with Gasteiger partial charge in [0.05, 0.1) is 29.0 Å². The van der Waals surface area contributed by atoms with Crippen LogP contribution in [0, 0.1) is 10.1 Å². The Hall–Kier alpha value is -3.55. The van der Waals surface area contributed by atoms with Crippen LogP contribution in [0.1, 0.15) is 28.9 Å². The van der Waals surface area contributed by atoms with Crippen LogP contribution in [0.5, 0.6) is 0 Å². The second-order valence-corrected chi connectivity index (χ2v) is 5.41. The Morgan fingerprint density at radius 1 is 1.20 bits per heavy atom. The molecule has 1 aromatic heterocycles. The molecular formula is C17H15N5O3. The van der Waals surface area contributed by atoms with Crippen molar-refractivity contribution in [2.45, 2.75) is 13.0 Å². The Morgan fingerprint density at radius 3 is 2.56 bits per heavy atom. The summed E-state index contributed by atoms with van der Waals surface area (Å²) < 4.78 is 1.63. The monoisotopic (exact) mass is 337 g/mol. The van der Waals surface area contributed by atoms with Crippen molar-refractivity contribution in [2.75, 3.05) is 0 Å². The second-order valence-electron chi connectivity index (χ2n) is 5.41. The predicted octanol–water partition coefficient (Wildman–Crippen LogP) is 2.67. The Labute approximate surface area is 143 Å². The topological polar surface area (TPSA) is 103 Å². The van der Waals surface area contributed by atoms with E-state index in [9.17, 15) is 14.9 Å². The minimum atomic E-state index is -0.563. The maximum atomic E-state index is 12.4. The molecule has 8 nitrogen and oxygen atoms in total. The summed E-state index contributed by atoms with van der Waals surface area (Å²) in [6, 6.07) is 13.0. The van der Waals surface area contributed by atoms with Crippen LogP contribution in [0.4, 0.5) is 5.69 Å². The van der Waals surface area contributed by atoms with Crippen LogP contribution in [0.3, 0.4) is 0 Å². The fraction of sp³-hybridized carbons (Fsp3) is 0.118. The van der Waals surface area contributed by atoms with Gasteiger partial charge in [-0.3, -0.25) is 14.9 Å². The average Bonchev–Trinajstić information content (AvgIpc) is 3.16. The minimum Gasteiger partial charge on any atom is -0.345 e. The lowest BCUT2D eigenvalue weighted by atomic mass is 10.1. The van der Waals surface area contributed by atoms with Crippen molar-refractivity contribution >= 4 is 11.6 Å². The summed E-state index contributed by atoms with van der Waals surface area (Å²) >= 11 is 0. The Morgan fingerprint density at radius 2 is 1.92 bits per heavy atom. The molecule has 0 radical (unpaired) electrons. The number of aromatic nitrogens is 3. The molecule has 3 aromatic rings. The van der Waals surface area contributed by atoms with Crippen molar-refractivity contribution in [3.8, 4) is 5.69 Å². The number of hydrogen-bond acceptors (Lipinski definition) is 5. The van der Waals surface area contributed by atoms with Gasteiger partial charge in [-0.25, -0.2) is 4.68 Å². The molecule has 1 amide bonds. The molecule has 0 bridgehead atoms. The molecule has 0 spiro atoms. The number of nitro benzene ring substituents is 1. The first kappa shape index (κ1) is 16.3. The van der Waals surface area contributed by atoms with Crippen molar-refractivity contribution < 1.29 is 9.72 Å². The van der Waals surface area contributed by atoms with E-state index in [0.717, 1.165) is 11.3 Å². The van der Waals surface area contributed by atoms with Crippen molar-refractivity contribution in [3.63, 3.8) is 0 Å². The summed E-state index contributed by atoms with van der Waals surface area (Å²) in [7, 11) is 0. The molecule has 0 aliphatic carbocycles. The highest BCUT2D eigenvalue weighted by molar-refractivity contribution is 5.98. The highest BCUT2D eigenvalue weighted by atomic mass is 16.6. The smallest absolute Gasteiger partial charge is 0.282 e. The standard InChI is InChI=1S/C17H15N5O3/c1-12(13-6-8-14(9-7-13)21-11-10-18-20-21)19-17(23)15-4-2-3-5-16(15)22(24)25/h2-12H,1H3,(H,19,23). The fourth-order valence-electron chi connectivity index (χ4n) is 2.44. The van der Waals surface area contributed by atoms with Gasteiger partial charge in [0.2, 0.25) is 0 Å². The molecule has 0 saturated carbocycles. The van der Waals surface area contributed by atoms with E-state index in [1.807, 2.05) is 31.2 Å². The van der Waals surface area contributed by atoms with Gasteiger partial charge < -0.3 is 5.32 Å². The molecule has 1 N–H and O–H groups in total. The van der Waals surface area contributed by atoms with Gasteiger partial charge >= 0.3 is 0 Å². The highest BCUT2D eigenvalue weighted by Gasteiger charge is 2.20. The molecule has 3 rings (SSSR count). The molecule has 0 saturated heterocycles. The number of nitrogens with one attached hydrogen (secondary N) is 1. The summed E-state index contributed by atoms with van der Waals surface area (Å²) in [4.78, 5) is 22.9. The number of para-hydroxylation sites is 1. The zero-order valence-corrected chi connectivity index (χ0v) is 13.4. The second kappa shape index (κ2) is 6.91. The van der Waals surface area contributed by atoms with Crippen LogP contribution < -0.4 is 5.32 Å². The van der Waals surface area contributed by atoms with Crippen LogP contribution in [0.2, 0.25) is 0 Å². The van der Waals surface area contributed by atoms with Crippen LogP contribution in [0.25, 0.3) is 5.69 Å². The molecule has 2 aromatic carbocycles. The number of amides is 1. The Balaban J connectivity index is 1.75. The number of nitrogens with zero attached hydrogens (tertiary/aromatic N) is 4. The van der Waals surface area contributed by atoms with Crippen LogP contribution in [0.15, 0.2) is 60.9 Å². The SMILES string of the molecule is CC(NC(=O)c1ccccc1[N+](=O)[O-])c1ccc(-n2ccnn2)cc1. The molecule has 1 heterocycles. The number of benzene rings is 2. The molecule has 1 atom stereocenters. The van der Waals surface area contributed by atoms with Gasteiger partial charge in [-0.05, 0) is 30.7 Å². The lowest BCUT2D eigenvalue weighted by Gasteiger charge is -2.15. The summed E-state index contributed by atoms with van der Waals surface area (Å²) in [5.41, 5.74) is 1.54. The highest BCUT2D eigenvalue weighted by Crippen LogP contribution is 2.20. The van der Waals surface area contributed by atoms with Crippen LogP contribution >= 0.6 is 0 Å². The number of carbonyl (C=O) groups excluding carboxylic acids is 1. The number of nitro groups is 1. The zero-order valence-electron chi connectivity index (χ0n) is 13.4. The van der Waals surface area contributed by atoms with Gasteiger partial charge in [0, 0.05) is 6.07 Å². The number of carbonyl (C=O) groups is 1. The maximum absolute atomic E-state index is 12.4. The van der Waals surface area contributed by atoms with Crippen molar-refractivity contribution in [1.82, 2.24) is 20.3 Å². The van der Waals surface area contributed by atoms with Gasteiger partial charge in [0.1, 0.15) is 5.56 Å². The van der Waals surface area contributed by atoms with Gasteiger partial charge in [-0.2, -0.15) is 0 Å². The van der Waals surface area contributed by atoms with Crippen LogP contribution in [-0.4, -0.2) is 25.8 Å². The third kappa shape index (κ3) is 3.52. The maximum Gasteiger partial charge on any atom is 0.282 e. The largest absolute Gasteiger partial charge is 0.345 e. The third-order valence-corrected chi connectivity index (χ3v) is 3.77. The molecule has 0 aliphatic heterocycles. The lowest BCUT2D eigenvalue weighted by Crippen LogP contribution is -2.27. The van der Waals surface area contributed by atoms with E-state index in [-0.39, 0.29) is 17.3 Å². The first-order chi connectivity index (χ1) is 12.1. The zero-order chi connectivity index (χ0) is 17.8. The van der Waals surface area contributed by atoms with E-state index in [1.54, 1.807) is 23.1 Å². The molecule has 0 fully saturated rings. The molecule has 1 unspecified atom stereocenters. The van der Waals surface area contributed by atoms with Crippen molar-refractivity contribution in [3.05, 3.63) is 82.2 Å². The van der Waals surface area contributed by atoms with Crippen LogP contribution in [-0.2, 0) is 0 Å². The van der Waals surface area contributed by atoms with Gasteiger partial charge in [0.25, 0.3) is 11.6 Å². The normalized spacial score (nSPS) is 11.7. The van der Waals surface area contributed by atoms with E-state index >= 15 is 0 Å². The van der Waals surface area contributed by atoms with E-state index in [1.165, 1.54) is 18.2 Å². The lowest BCUT2D eigenvalue weighted by molar-refractivity contribution is -0.385. The minimum absolute atomic E-state index is 0.0404. The number of rotatable bonds is 5. The summed E-state index contributed by atoms with van der Waals surface area (Å²) in [6.45, 7) is 1.82. The fourth-order valence-corrected chi connectivity index (χ4v) is 2.44. The molecular weight excluding hydrogens is 322 g/mol. The Kier molecular flexibility index (Phi) is 4.51.